The van der Waals surface area contributed by atoms with E-state index in [2.05, 4.69) is 10.2 Å². The summed E-state index contributed by atoms with van der Waals surface area (Å²) in [5, 5.41) is 13.8. The number of piperidine rings is 1. The Labute approximate surface area is 233 Å². The lowest BCUT2D eigenvalue weighted by atomic mass is 9.91. The van der Waals surface area contributed by atoms with Crippen LogP contribution in [0.5, 0.6) is 5.75 Å². The topological polar surface area (TPSA) is 82.1 Å². The van der Waals surface area contributed by atoms with Crippen molar-refractivity contribution >= 4 is 29.1 Å². The first kappa shape index (κ1) is 31.4. The summed E-state index contributed by atoms with van der Waals surface area (Å²) in [7, 11) is 3.30. The molecule has 1 unspecified atom stereocenters. The lowest BCUT2D eigenvalue weighted by Crippen LogP contribution is -2.35. The summed E-state index contributed by atoms with van der Waals surface area (Å²) in [6.45, 7) is 10.3. The van der Waals surface area contributed by atoms with Gasteiger partial charge < -0.3 is 25.0 Å². The van der Waals surface area contributed by atoms with Gasteiger partial charge in [-0.2, -0.15) is 0 Å². The lowest BCUT2D eigenvalue weighted by Gasteiger charge is -2.34. The smallest absolute Gasteiger partial charge is 0.255 e. The molecule has 1 saturated heterocycles. The predicted octanol–water partition coefficient (Wildman–Crippen LogP) is 5.70. The zero-order valence-corrected chi connectivity index (χ0v) is 24.4. The van der Waals surface area contributed by atoms with Crippen LogP contribution in [0.25, 0.3) is 0 Å². The molecule has 0 radical (unpaired) electrons. The van der Waals surface area contributed by atoms with Gasteiger partial charge in [0.15, 0.2) is 6.10 Å². The van der Waals surface area contributed by atoms with Crippen LogP contribution < -0.4 is 15.0 Å². The third-order valence-electron chi connectivity index (χ3n) is 6.72. The van der Waals surface area contributed by atoms with Crippen LogP contribution in [0.4, 0.5) is 5.69 Å². The molecule has 1 aliphatic rings. The number of nitrogens with zero attached hydrogens (tertiary/aromatic N) is 2. The van der Waals surface area contributed by atoms with E-state index in [-0.39, 0.29) is 17.9 Å². The molecule has 0 aliphatic carbocycles. The fraction of sp³-hybridized carbons (Fsp3) is 0.533. The van der Waals surface area contributed by atoms with Crippen LogP contribution in [-0.2, 0) is 4.79 Å². The van der Waals surface area contributed by atoms with Crippen LogP contribution in [0.3, 0.4) is 0 Å². The largest absolute Gasteiger partial charge is 0.497 e. The number of carbonyl (C=O) groups excluding carboxylic acids is 2. The standard InChI is InChI=1S/C28H38ClN3O4.C2H6/c1-19(2)30-27(34)24-11-10-22(18-25(24)29)32-15-12-20(13-16-32)7-6-14-31(3)28(35)26(33)21-8-5-9-23(17-21)36-4;1-2/h5,8-11,17-20,26,33H,6-7,12-16H2,1-4H3,(H,30,34);1-2H3. The lowest BCUT2D eigenvalue weighted by molar-refractivity contribution is -0.139. The van der Waals surface area contributed by atoms with Gasteiger partial charge in [-0.05, 0) is 81.3 Å². The highest BCUT2D eigenvalue weighted by Crippen LogP contribution is 2.29. The highest BCUT2D eigenvalue weighted by atomic mass is 35.5. The number of ether oxygens (including phenoxy) is 1. The van der Waals surface area contributed by atoms with Crippen LogP contribution in [0.2, 0.25) is 5.02 Å². The number of aliphatic hydroxyl groups is 1. The minimum absolute atomic E-state index is 0.0585. The SMILES string of the molecule is CC.COc1cccc(C(O)C(=O)N(C)CCCC2CCN(c3ccc(C(=O)NC(C)C)c(Cl)c3)CC2)c1. The quantitative estimate of drug-likeness (QED) is 0.400. The number of nitrogens with one attached hydrogen (secondary N) is 1. The van der Waals surface area contributed by atoms with Crippen molar-refractivity contribution < 1.29 is 19.4 Å². The number of hydrogen-bond donors (Lipinski definition) is 2. The number of carbonyl (C=O) groups is 2. The molecule has 3 rings (SSSR count). The maximum Gasteiger partial charge on any atom is 0.255 e. The second kappa shape index (κ2) is 15.6. The molecule has 0 aromatic heterocycles. The molecule has 2 aromatic carbocycles. The summed E-state index contributed by atoms with van der Waals surface area (Å²) in [5.41, 5.74) is 2.07. The average Bonchev–Trinajstić information content (AvgIpc) is 2.93. The van der Waals surface area contributed by atoms with Gasteiger partial charge in [-0.25, -0.2) is 0 Å². The van der Waals surface area contributed by atoms with E-state index < -0.39 is 6.10 Å². The highest BCUT2D eigenvalue weighted by Gasteiger charge is 2.23. The van der Waals surface area contributed by atoms with E-state index >= 15 is 0 Å². The minimum Gasteiger partial charge on any atom is -0.497 e. The second-order valence-electron chi connectivity index (χ2n) is 9.80. The number of amides is 2. The summed E-state index contributed by atoms with van der Waals surface area (Å²) >= 11 is 6.41. The Bertz CT molecular complexity index is 1040. The molecule has 38 heavy (non-hydrogen) atoms. The fourth-order valence-electron chi connectivity index (χ4n) is 4.59. The van der Waals surface area contributed by atoms with E-state index in [4.69, 9.17) is 16.3 Å². The van der Waals surface area contributed by atoms with Gasteiger partial charge in [-0.1, -0.05) is 37.6 Å². The van der Waals surface area contributed by atoms with Gasteiger partial charge in [0.2, 0.25) is 0 Å². The normalized spacial score (nSPS) is 14.4. The molecule has 0 bridgehead atoms. The maximum atomic E-state index is 12.7. The minimum atomic E-state index is -1.19. The zero-order chi connectivity index (χ0) is 28.2. The number of rotatable bonds is 10. The molecular formula is C30H44ClN3O4. The molecule has 2 amide bonds. The number of benzene rings is 2. The molecule has 2 N–H and O–H groups in total. The Morgan fingerprint density at radius 3 is 2.45 bits per heavy atom. The summed E-state index contributed by atoms with van der Waals surface area (Å²) < 4.78 is 5.18. The van der Waals surface area contributed by atoms with Gasteiger partial charge in [0.1, 0.15) is 5.75 Å². The zero-order valence-electron chi connectivity index (χ0n) is 23.7. The third-order valence-corrected chi connectivity index (χ3v) is 7.04. The Balaban J connectivity index is 0.00000247. The summed E-state index contributed by atoms with van der Waals surface area (Å²) in [6, 6.07) is 12.7. The van der Waals surface area contributed by atoms with Crippen molar-refractivity contribution in [1.29, 1.82) is 0 Å². The first-order chi connectivity index (χ1) is 18.2. The Morgan fingerprint density at radius 1 is 1.16 bits per heavy atom. The van der Waals surface area contributed by atoms with Crippen LogP contribution in [0, 0.1) is 5.92 Å². The molecule has 7 nitrogen and oxygen atoms in total. The number of halogens is 1. The molecule has 1 heterocycles. The molecule has 0 spiro atoms. The number of anilines is 1. The molecule has 8 heteroatoms. The van der Waals surface area contributed by atoms with Gasteiger partial charge in [0.05, 0.1) is 17.7 Å². The highest BCUT2D eigenvalue weighted by molar-refractivity contribution is 6.34. The third kappa shape index (κ3) is 8.91. The maximum absolute atomic E-state index is 12.7. The fourth-order valence-corrected chi connectivity index (χ4v) is 4.86. The molecule has 1 aliphatic heterocycles. The Morgan fingerprint density at radius 2 is 1.84 bits per heavy atom. The summed E-state index contributed by atoms with van der Waals surface area (Å²) in [5.74, 6) is 0.753. The van der Waals surface area contributed by atoms with Gasteiger partial charge in [-0.3, -0.25) is 9.59 Å². The van der Waals surface area contributed by atoms with E-state index in [0.29, 0.717) is 34.4 Å². The van der Waals surface area contributed by atoms with Crippen molar-refractivity contribution in [3.63, 3.8) is 0 Å². The Hall–Kier alpha value is -2.77. The van der Waals surface area contributed by atoms with Crippen molar-refractivity contribution in [1.82, 2.24) is 10.2 Å². The molecule has 0 saturated carbocycles. The first-order valence-electron chi connectivity index (χ1n) is 13.6. The van der Waals surface area contributed by atoms with Crippen LogP contribution >= 0.6 is 11.6 Å². The van der Waals surface area contributed by atoms with Crippen LogP contribution in [-0.4, -0.2) is 61.7 Å². The summed E-state index contributed by atoms with van der Waals surface area (Å²) in [4.78, 5) is 28.9. The predicted molar refractivity (Wildman–Crippen MR) is 155 cm³/mol. The monoisotopic (exact) mass is 545 g/mol. The van der Waals surface area contributed by atoms with Crippen LogP contribution in [0.1, 0.15) is 75.4 Å². The van der Waals surface area contributed by atoms with Crippen molar-refractivity contribution in [2.45, 2.75) is 65.5 Å². The average molecular weight is 546 g/mol. The van der Waals surface area contributed by atoms with Crippen molar-refractivity contribution in [2.24, 2.45) is 5.92 Å². The van der Waals surface area contributed by atoms with Gasteiger partial charge >= 0.3 is 0 Å². The molecule has 1 fully saturated rings. The van der Waals surface area contributed by atoms with Crippen molar-refractivity contribution in [3.05, 3.63) is 58.6 Å². The molecular weight excluding hydrogens is 502 g/mol. The van der Waals surface area contributed by atoms with Crippen molar-refractivity contribution in [2.75, 3.05) is 38.7 Å². The van der Waals surface area contributed by atoms with Crippen LogP contribution in [0.15, 0.2) is 42.5 Å². The number of hydrogen-bond acceptors (Lipinski definition) is 5. The second-order valence-corrected chi connectivity index (χ2v) is 10.2. The number of methoxy groups -OCH3 is 1. The van der Waals surface area contributed by atoms with Crippen molar-refractivity contribution in [3.8, 4) is 5.75 Å². The van der Waals surface area contributed by atoms with E-state index in [1.807, 2.05) is 39.8 Å². The summed E-state index contributed by atoms with van der Waals surface area (Å²) in [6.07, 6.45) is 2.87. The van der Waals surface area contributed by atoms with E-state index in [1.165, 1.54) is 0 Å². The molecule has 2 aromatic rings. The van der Waals surface area contributed by atoms with Gasteiger partial charge in [-0.15, -0.1) is 0 Å². The molecule has 210 valence electrons. The van der Waals surface area contributed by atoms with E-state index in [1.54, 1.807) is 49.4 Å². The number of aliphatic hydroxyl groups excluding tert-OH is 1. The van der Waals surface area contributed by atoms with E-state index in [0.717, 1.165) is 44.5 Å². The number of likely N-dealkylation sites (N-methyl/N-ethyl adjacent to an activating group) is 1. The van der Waals surface area contributed by atoms with E-state index in [9.17, 15) is 14.7 Å². The molecule has 1 atom stereocenters. The van der Waals surface area contributed by atoms with Gasteiger partial charge in [0, 0.05) is 38.4 Å². The first-order valence-corrected chi connectivity index (χ1v) is 14.0. The van der Waals surface area contributed by atoms with Gasteiger partial charge in [0.25, 0.3) is 11.8 Å². The Kier molecular flexibility index (Phi) is 12.9.